The molecular weight excluding hydrogens is 306 g/mol. The molecule has 0 saturated carbocycles. The smallest absolute Gasteiger partial charge is 0.374 e. The van der Waals surface area contributed by atoms with E-state index in [1.54, 1.807) is 6.92 Å². The second kappa shape index (κ2) is 7.63. The molecule has 3 rings (SSSR count). The van der Waals surface area contributed by atoms with Crippen molar-refractivity contribution < 1.29 is 31.1 Å². The van der Waals surface area contributed by atoms with Crippen molar-refractivity contribution >= 4 is 16.9 Å². The number of hydrogen-bond donors (Lipinski definition) is 0. The fraction of sp³-hybridized carbons (Fsp3) is 0.438. The van der Waals surface area contributed by atoms with Gasteiger partial charge in [-0.25, -0.2) is 4.79 Å². The Hall–Kier alpha value is -1.56. The number of halogens is 1. The molecule has 0 bridgehead atoms. The SMILES string of the molecule is CCOC(=O)c1oc2ccccc2c1CN1CCOCC1.[Cl-]. The minimum atomic E-state index is -0.392. The van der Waals surface area contributed by atoms with Crippen LogP contribution in [-0.4, -0.2) is 43.8 Å². The highest BCUT2D eigenvalue weighted by Gasteiger charge is 2.23. The Morgan fingerprint density at radius 1 is 1.27 bits per heavy atom. The van der Waals surface area contributed by atoms with Gasteiger partial charge in [-0.3, -0.25) is 4.90 Å². The summed E-state index contributed by atoms with van der Waals surface area (Å²) in [5.41, 5.74) is 1.63. The van der Waals surface area contributed by atoms with Gasteiger partial charge in [-0.15, -0.1) is 0 Å². The summed E-state index contributed by atoms with van der Waals surface area (Å²) in [6.45, 7) is 5.99. The third-order valence-electron chi connectivity index (χ3n) is 3.64. The van der Waals surface area contributed by atoms with Crippen LogP contribution in [0.25, 0.3) is 11.0 Å². The van der Waals surface area contributed by atoms with Gasteiger partial charge in [0.15, 0.2) is 0 Å². The minimum Gasteiger partial charge on any atom is -1.00 e. The molecule has 1 aromatic heterocycles. The molecule has 22 heavy (non-hydrogen) atoms. The lowest BCUT2D eigenvalue weighted by Crippen LogP contribution is -3.00. The van der Waals surface area contributed by atoms with Gasteiger partial charge in [-0.1, -0.05) is 18.2 Å². The molecule has 1 aliphatic heterocycles. The summed E-state index contributed by atoms with van der Waals surface area (Å²) in [4.78, 5) is 14.4. The number of esters is 1. The first-order valence-electron chi connectivity index (χ1n) is 7.27. The Bertz CT molecular complexity index is 634. The van der Waals surface area contributed by atoms with Crippen LogP contribution in [0.5, 0.6) is 0 Å². The largest absolute Gasteiger partial charge is 1.00 e. The van der Waals surface area contributed by atoms with Crippen LogP contribution >= 0.6 is 0 Å². The van der Waals surface area contributed by atoms with Gasteiger partial charge in [0.2, 0.25) is 5.76 Å². The fourth-order valence-electron chi connectivity index (χ4n) is 2.60. The summed E-state index contributed by atoms with van der Waals surface area (Å²) in [6, 6.07) is 7.72. The van der Waals surface area contributed by atoms with Crippen molar-refractivity contribution in [2.24, 2.45) is 0 Å². The van der Waals surface area contributed by atoms with Crippen molar-refractivity contribution in [2.45, 2.75) is 13.5 Å². The Morgan fingerprint density at radius 2 is 2.00 bits per heavy atom. The quantitative estimate of drug-likeness (QED) is 0.706. The van der Waals surface area contributed by atoms with Crippen LogP contribution in [0.4, 0.5) is 0 Å². The molecule has 1 fully saturated rings. The second-order valence-electron chi connectivity index (χ2n) is 5.01. The summed E-state index contributed by atoms with van der Waals surface area (Å²) < 4.78 is 16.2. The average Bonchev–Trinajstić information content (AvgIpc) is 2.88. The number of para-hydroxylation sites is 1. The normalized spacial score (nSPS) is 15.5. The zero-order chi connectivity index (χ0) is 14.7. The predicted octanol–water partition coefficient (Wildman–Crippen LogP) is -0.554. The Balaban J connectivity index is 0.00000176. The van der Waals surface area contributed by atoms with Crippen LogP contribution in [0.15, 0.2) is 28.7 Å². The van der Waals surface area contributed by atoms with E-state index in [0.717, 1.165) is 42.8 Å². The molecule has 0 aliphatic carbocycles. The molecule has 0 amide bonds. The van der Waals surface area contributed by atoms with E-state index in [1.165, 1.54) is 0 Å². The first-order chi connectivity index (χ1) is 10.3. The highest BCUT2D eigenvalue weighted by Crippen LogP contribution is 2.28. The van der Waals surface area contributed by atoms with Gasteiger partial charge in [0, 0.05) is 30.6 Å². The third kappa shape index (κ3) is 3.43. The van der Waals surface area contributed by atoms with Crippen molar-refractivity contribution in [3.63, 3.8) is 0 Å². The molecule has 5 nitrogen and oxygen atoms in total. The minimum absolute atomic E-state index is 0. The molecular formula is C16H19ClNO4-. The summed E-state index contributed by atoms with van der Waals surface area (Å²) in [7, 11) is 0. The Kier molecular flexibility index (Phi) is 5.83. The first kappa shape index (κ1) is 16.8. The summed E-state index contributed by atoms with van der Waals surface area (Å²) in [6.07, 6.45) is 0. The molecule has 0 spiro atoms. The van der Waals surface area contributed by atoms with E-state index in [1.807, 2.05) is 24.3 Å². The molecule has 2 aromatic rings. The lowest BCUT2D eigenvalue weighted by molar-refractivity contribution is -0.0000253. The lowest BCUT2D eigenvalue weighted by Gasteiger charge is -2.26. The van der Waals surface area contributed by atoms with Gasteiger partial charge in [-0.2, -0.15) is 0 Å². The number of carbonyl (C=O) groups excluding carboxylic acids is 1. The maximum absolute atomic E-state index is 12.1. The molecule has 0 N–H and O–H groups in total. The van der Waals surface area contributed by atoms with E-state index in [2.05, 4.69) is 4.90 Å². The topological polar surface area (TPSA) is 51.9 Å². The van der Waals surface area contributed by atoms with Gasteiger partial charge in [0.05, 0.1) is 19.8 Å². The van der Waals surface area contributed by atoms with Gasteiger partial charge in [-0.05, 0) is 13.0 Å². The van der Waals surface area contributed by atoms with Crippen molar-refractivity contribution in [1.29, 1.82) is 0 Å². The van der Waals surface area contributed by atoms with Crippen molar-refractivity contribution in [1.82, 2.24) is 4.90 Å². The fourth-order valence-corrected chi connectivity index (χ4v) is 2.60. The number of furan rings is 1. The molecule has 1 saturated heterocycles. The van der Waals surface area contributed by atoms with E-state index in [4.69, 9.17) is 13.9 Å². The van der Waals surface area contributed by atoms with E-state index in [-0.39, 0.29) is 12.4 Å². The molecule has 1 aliphatic rings. The van der Waals surface area contributed by atoms with Gasteiger partial charge in [0.25, 0.3) is 0 Å². The summed E-state index contributed by atoms with van der Waals surface area (Å²) in [5.74, 6) is -0.0681. The molecule has 0 unspecified atom stereocenters. The molecule has 120 valence electrons. The Morgan fingerprint density at radius 3 is 2.73 bits per heavy atom. The zero-order valence-electron chi connectivity index (χ0n) is 12.5. The van der Waals surface area contributed by atoms with Crippen LogP contribution < -0.4 is 12.4 Å². The van der Waals surface area contributed by atoms with Gasteiger partial charge < -0.3 is 26.3 Å². The lowest BCUT2D eigenvalue weighted by atomic mass is 10.1. The van der Waals surface area contributed by atoms with Crippen LogP contribution in [0.2, 0.25) is 0 Å². The van der Waals surface area contributed by atoms with Crippen LogP contribution in [0, 0.1) is 0 Å². The number of benzene rings is 1. The summed E-state index contributed by atoms with van der Waals surface area (Å²) in [5, 5.41) is 0.979. The van der Waals surface area contributed by atoms with E-state index in [9.17, 15) is 4.79 Å². The molecule has 0 radical (unpaired) electrons. The number of morpholine rings is 1. The van der Waals surface area contributed by atoms with E-state index < -0.39 is 5.97 Å². The van der Waals surface area contributed by atoms with Crippen LogP contribution in [0.3, 0.4) is 0 Å². The average molecular weight is 325 g/mol. The van der Waals surface area contributed by atoms with Crippen LogP contribution in [0.1, 0.15) is 23.0 Å². The van der Waals surface area contributed by atoms with E-state index in [0.29, 0.717) is 18.9 Å². The molecule has 1 aromatic carbocycles. The number of ether oxygens (including phenoxy) is 2. The maximum atomic E-state index is 12.1. The maximum Gasteiger partial charge on any atom is 0.374 e. The molecule has 2 heterocycles. The number of carbonyl (C=O) groups is 1. The number of rotatable bonds is 4. The van der Waals surface area contributed by atoms with Crippen molar-refractivity contribution in [2.75, 3.05) is 32.9 Å². The third-order valence-corrected chi connectivity index (χ3v) is 3.64. The highest BCUT2D eigenvalue weighted by atomic mass is 35.5. The van der Waals surface area contributed by atoms with Crippen molar-refractivity contribution in [3.05, 3.63) is 35.6 Å². The van der Waals surface area contributed by atoms with E-state index >= 15 is 0 Å². The number of hydrogen-bond acceptors (Lipinski definition) is 5. The van der Waals surface area contributed by atoms with Crippen molar-refractivity contribution in [3.8, 4) is 0 Å². The highest BCUT2D eigenvalue weighted by molar-refractivity contribution is 5.96. The monoisotopic (exact) mass is 324 g/mol. The van der Waals surface area contributed by atoms with Gasteiger partial charge in [0.1, 0.15) is 5.58 Å². The number of nitrogens with zero attached hydrogens (tertiary/aromatic N) is 1. The molecule has 6 heteroatoms. The Labute approximate surface area is 135 Å². The summed E-state index contributed by atoms with van der Waals surface area (Å²) >= 11 is 0. The standard InChI is InChI=1S/C16H19NO4.ClH/c1-2-20-16(18)15-13(11-17-7-9-19-10-8-17)12-5-3-4-6-14(12)21-15;/h3-6H,2,7-11H2,1H3;1H/p-1. The van der Waals surface area contributed by atoms with Crippen LogP contribution in [-0.2, 0) is 16.0 Å². The molecule has 0 atom stereocenters. The second-order valence-corrected chi connectivity index (χ2v) is 5.01. The first-order valence-corrected chi connectivity index (χ1v) is 7.27. The van der Waals surface area contributed by atoms with Gasteiger partial charge >= 0.3 is 5.97 Å². The zero-order valence-corrected chi connectivity index (χ0v) is 13.3. The predicted molar refractivity (Wildman–Crippen MR) is 78.3 cm³/mol. The number of fused-ring (bicyclic) bond motifs is 1.